The van der Waals surface area contributed by atoms with Gasteiger partial charge in [-0.1, -0.05) is 13.0 Å². The molecule has 0 aliphatic carbocycles. The van der Waals surface area contributed by atoms with Crippen LogP contribution in [0.25, 0.3) is 0 Å². The van der Waals surface area contributed by atoms with Gasteiger partial charge in [-0.25, -0.2) is 0 Å². The molecule has 2 rings (SSSR count). The molecule has 18 heavy (non-hydrogen) atoms. The summed E-state index contributed by atoms with van der Waals surface area (Å²) < 4.78 is 1.91. The van der Waals surface area contributed by atoms with Gasteiger partial charge in [-0.15, -0.1) is 0 Å². The molecule has 0 spiro atoms. The number of hydrazine groups is 1. The van der Waals surface area contributed by atoms with Crippen molar-refractivity contribution < 1.29 is 0 Å². The van der Waals surface area contributed by atoms with E-state index in [1.807, 2.05) is 29.9 Å². The van der Waals surface area contributed by atoms with Gasteiger partial charge in [0, 0.05) is 25.4 Å². The molecule has 0 fully saturated rings. The van der Waals surface area contributed by atoms with Crippen LogP contribution >= 0.6 is 0 Å². The molecule has 2 aromatic rings. The Labute approximate surface area is 107 Å². The zero-order valence-electron chi connectivity index (χ0n) is 10.8. The Morgan fingerprint density at radius 1 is 1.44 bits per heavy atom. The second kappa shape index (κ2) is 5.75. The van der Waals surface area contributed by atoms with Crippen LogP contribution in [0.2, 0.25) is 0 Å². The molecule has 5 nitrogen and oxygen atoms in total. The third-order valence-corrected chi connectivity index (χ3v) is 3.05. The monoisotopic (exact) mass is 245 g/mol. The van der Waals surface area contributed by atoms with Crippen LogP contribution in [0.5, 0.6) is 0 Å². The largest absolute Gasteiger partial charge is 0.272 e. The maximum atomic E-state index is 5.62. The zero-order valence-corrected chi connectivity index (χ0v) is 10.8. The summed E-state index contributed by atoms with van der Waals surface area (Å²) in [7, 11) is 1.96. The molecular formula is C13H19N5. The Hall–Kier alpha value is -1.72. The van der Waals surface area contributed by atoms with Gasteiger partial charge < -0.3 is 0 Å². The van der Waals surface area contributed by atoms with Crippen molar-refractivity contribution in [1.29, 1.82) is 0 Å². The molecule has 0 aromatic carbocycles. The second-order valence-corrected chi connectivity index (χ2v) is 4.28. The van der Waals surface area contributed by atoms with E-state index < -0.39 is 0 Å². The molecule has 96 valence electrons. The van der Waals surface area contributed by atoms with Gasteiger partial charge in [-0.3, -0.25) is 20.9 Å². The fourth-order valence-electron chi connectivity index (χ4n) is 1.98. The Kier molecular flexibility index (Phi) is 4.07. The third-order valence-electron chi connectivity index (χ3n) is 3.05. The number of nitrogens with zero attached hydrogens (tertiary/aromatic N) is 3. The fourth-order valence-corrected chi connectivity index (χ4v) is 1.98. The molecule has 1 unspecified atom stereocenters. The number of nitrogens with one attached hydrogen (secondary N) is 1. The first kappa shape index (κ1) is 12.7. The average Bonchev–Trinajstić information content (AvgIpc) is 2.77. The minimum atomic E-state index is 0.00584. The lowest BCUT2D eigenvalue weighted by molar-refractivity contribution is 0.518. The summed E-state index contributed by atoms with van der Waals surface area (Å²) in [6.07, 6.45) is 3.50. The molecular weight excluding hydrogens is 226 g/mol. The molecule has 0 aliphatic rings. The molecule has 2 heterocycles. The van der Waals surface area contributed by atoms with E-state index in [0.29, 0.717) is 0 Å². The molecule has 0 saturated carbocycles. The SMILES string of the molecule is CCc1cc(CC(NN)c2ccccn2)n(C)n1. The van der Waals surface area contributed by atoms with E-state index in [2.05, 4.69) is 28.5 Å². The fraction of sp³-hybridized carbons (Fsp3) is 0.385. The highest BCUT2D eigenvalue weighted by Crippen LogP contribution is 2.16. The Balaban J connectivity index is 2.18. The van der Waals surface area contributed by atoms with Crippen LogP contribution in [0.4, 0.5) is 0 Å². The Bertz CT molecular complexity index is 491. The average molecular weight is 245 g/mol. The molecule has 0 aliphatic heterocycles. The maximum absolute atomic E-state index is 5.62. The van der Waals surface area contributed by atoms with E-state index >= 15 is 0 Å². The van der Waals surface area contributed by atoms with Crippen LogP contribution in [0.1, 0.15) is 30.0 Å². The van der Waals surface area contributed by atoms with Gasteiger partial charge in [0.25, 0.3) is 0 Å². The number of rotatable bonds is 5. The van der Waals surface area contributed by atoms with Crippen molar-refractivity contribution >= 4 is 0 Å². The van der Waals surface area contributed by atoms with Crippen molar-refractivity contribution in [2.45, 2.75) is 25.8 Å². The molecule has 1 atom stereocenters. The smallest absolute Gasteiger partial charge is 0.0687 e. The van der Waals surface area contributed by atoms with Gasteiger partial charge in [0.1, 0.15) is 0 Å². The lowest BCUT2D eigenvalue weighted by atomic mass is 10.1. The molecule has 0 bridgehead atoms. The molecule has 5 heteroatoms. The summed E-state index contributed by atoms with van der Waals surface area (Å²) in [5.74, 6) is 5.62. The van der Waals surface area contributed by atoms with Crippen molar-refractivity contribution in [2.24, 2.45) is 12.9 Å². The zero-order chi connectivity index (χ0) is 13.0. The van der Waals surface area contributed by atoms with Gasteiger partial charge in [-0.2, -0.15) is 5.10 Å². The predicted molar refractivity (Wildman–Crippen MR) is 70.6 cm³/mol. The van der Waals surface area contributed by atoms with E-state index in [1.54, 1.807) is 6.20 Å². The van der Waals surface area contributed by atoms with E-state index in [0.717, 1.165) is 29.9 Å². The van der Waals surface area contributed by atoms with Gasteiger partial charge in [0.05, 0.1) is 17.4 Å². The number of aryl methyl sites for hydroxylation is 2. The minimum absolute atomic E-state index is 0.00584. The maximum Gasteiger partial charge on any atom is 0.0687 e. The van der Waals surface area contributed by atoms with E-state index in [-0.39, 0.29) is 6.04 Å². The quantitative estimate of drug-likeness (QED) is 0.612. The van der Waals surface area contributed by atoms with Crippen LogP contribution in [-0.2, 0) is 19.9 Å². The normalized spacial score (nSPS) is 12.6. The van der Waals surface area contributed by atoms with Gasteiger partial charge in [0.15, 0.2) is 0 Å². The molecule has 0 radical (unpaired) electrons. The Morgan fingerprint density at radius 3 is 2.83 bits per heavy atom. The number of hydrogen-bond donors (Lipinski definition) is 2. The van der Waals surface area contributed by atoms with Crippen molar-refractivity contribution in [3.8, 4) is 0 Å². The number of nitrogens with two attached hydrogens (primary N) is 1. The van der Waals surface area contributed by atoms with Crippen molar-refractivity contribution in [3.05, 3.63) is 47.5 Å². The summed E-state index contributed by atoms with van der Waals surface area (Å²) >= 11 is 0. The molecule has 2 aromatic heterocycles. The molecule has 0 saturated heterocycles. The first-order chi connectivity index (χ1) is 8.74. The van der Waals surface area contributed by atoms with Crippen molar-refractivity contribution in [2.75, 3.05) is 0 Å². The molecule has 3 N–H and O–H groups in total. The standard InChI is InChI=1S/C13H19N5/c1-3-10-8-11(18(2)17-10)9-13(16-14)12-6-4-5-7-15-12/h4-8,13,16H,3,9,14H2,1-2H3. The second-order valence-electron chi connectivity index (χ2n) is 4.28. The number of aromatic nitrogens is 3. The van der Waals surface area contributed by atoms with Gasteiger partial charge >= 0.3 is 0 Å². The molecule has 0 amide bonds. The highest BCUT2D eigenvalue weighted by Gasteiger charge is 2.14. The predicted octanol–water partition coefficient (Wildman–Crippen LogP) is 1.12. The first-order valence-corrected chi connectivity index (χ1v) is 6.13. The highest BCUT2D eigenvalue weighted by atomic mass is 15.3. The summed E-state index contributed by atoms with van der Waals surface area (Å²) in [6, 6.07) is 7.96. The van der Waals surface area contributed by atoms with Crippen molar-refractivity contribution in [3.63, 3.8) is 0 Å². The Morgan fingerprint density at radius 2 is 2.28 bits per heavy atom. The topological polar surface area (TPSA) is 68.8 Å². The summed E-state index contributed by atoms with van der Waals surface area (Å²) in [5.41, 5.74) is 6.02. The highest BCUT2D eigenvalue weighted by molar-refractivity contribution is 5.16. The van der Waals surface area contributed by atoms with E-state index in [9.17, 15) is 0 Å². The van der Waals surface area contributed by atoms with Crippen molar-refractivity contribution in [1.82, 2.24) is 20.2 Å². The van der Waals surface area contributed by atoms with Gasteiger partial charge in [-0.05, 0) is 24.6 Å². The van der Waals surface area contributed by atoms with Crippen LogP contribution < -0.4 is 11.3 Å². The number of pyridine rings is 1. The minimum Gasteiger partial charge on any atom is -0.272 e. The van der Waals surface area contributed by atoms with Crippen LogP contribution in [0.3, 0.4) is 0 Å². The van der Waals surface area contributed by atoms with Gasteiger partial charge in [0.2, 0.25) is 0 Å². The first-order valence-electron chi connectivity index (χ1n) is 6.13. The lowest BCUT2D eigenvalue weighted by Crippen LogP contribution is -2.30. The van der Waals surface area contributed by atoms with Crippen LogP contribution in [0.15, 0.2) is 30.5 Å². The summed E-state index contributed by atoms with van der Waals surface area (Å²) in [6.45, 7) is 2.10. The van der Waals surface area contributed by atoms with Crippen LogP contribution in [-0.4, -0.2) is 14.8 Å². The van der Waals surface area contributed by atoms with E-state index in [4.69, 9.17) is 5.84 Å². The third kappa shape index (κ3) is 2.75. The lowest BCUT2D eigenvalue weighted by Gasteiger charge is -2.15. The van der Waals surface area contributed by atoms with E-state index in [1.165, 1.54) is 0 Å². The summed E-state index contributed by atoms with van der Waals surface area (Å²) in [5, 5.41) is 4.44. The summed E-state index contributed by atoms with van der Waals surface area (Å²) in [4.78, 5) is 4.33. The number of hydrogen-bond acceptors (Lipinski definition) is 4. The van der Waals surface area contributed by atoms with Crippen LogP contribution in [0, 0.1) is 0 Å².